The van der Waals surface area contributed by atoms with Crippen LogP contribution >= 0.6 is 11.6 Å². The lowest BCUT2D eigenvalue weighted by Crippen LogP contribution is -2.64. The van der Waals surface area contributed by atoms with Crippen LogP contribution in [-0.2, 0) is 0 Å². The van der Waals surface area contributed by atoms with E-state index in [0.717, 1.165) is 29.4 Å². The number of hydrogen-bond donors (Lipinski definition) is 2. The maximum Gasteiger partial charge on any atom is 0.0651 e. The molecule has 1 aromatic rings. The van der Waals surface area contributed by atoms with E-state index in [2.05, 4.69) is 30.1 Å². The maximum atomic E-state index is 9.56. The molecule has 1 atom stereocenters. The molecule has 3 nitrogen and oxygen atoms in total. The van der Waals surface area contributed by atoms with Crippen LogP contribution in [0.25, 0.3) is 0 Å². The van der Waals surface area contributed by atoms with Crippen molar-refractivity contribution in [1.29, 1.82) is 0 Å². The standard InChI is InChI=1S/C14H21ClN2O/c1-10-4-5-11(6-13(10)15)17-12(8-18)7-16-9-14(17,2)3/h4-6,12,16,18H,7-9H2,1-3H3. The Labute approximate surface area is 114 Å². The first-order chi connectivity index (χ1) is 8.45. The fourth-order valence-electron chi connectivity index (χ4n) is 2.65. The van der Waals surface area contributed by atoms with Crippen molar-refractivity contribution < 1.29 is 5.11 Å². The topological polar surface area (TPSA) is 35.5 Å². The molecule has 1 fully saturated rings. The molecule has 0 bridgehead atoms. The zero-order valence-corrected chi connectivity index (χ0v) is 12.0. The van der Waals surface area contributed by atoms with Gasteiger partial charge in [-0.3, -0.25) is 0 Å². The number of hydrogen-bond acceptors (Lipinski definition) is 3. The average molecular weight is 269 g/mol. The molecule has 1 heterocycles. The molecule has 0 amide bonds. The van der Waals surface area contributed by atoms with Gasteiger partial charge in [-0.15, -0.1) is 0 Å². The first kappa shape index (κ1) is 13.7. The molecule has 18 heavy (non-hydrogen) atoms. The minimum absolute atomic E-state index is 0.0375. The van der Waals surface area contributed by atoms with Gasteiger partial charge in [0.1, 0.15) is 0 Å². The molecule has 2 rings (SSSR count). The molecule has 1 aliphatic rings. The smallest absolute Gasteiger partial charge is 0.0651 e. The van der Waals surface area contributed by atoms with Gasteiger partial charge in [-0.25, -0.2) is 0 Å². The molecule has 0 radical (unpaired) electrons. The zero-order valence-electron chi connectivity index (χ0n) is 11.2. The van der Waals surface area contributed by atoms with E-state index in [1.807, 2.05) is 19.1 Å². The van der Waals surface area contributed by atoms with Gasteiger partial charge in [0.25, 0.3) is 0 Å². The molecule has 0 saturated carbocycles. The predicted molar refractivity (Wildman–Crippen MR) is 76.5 cm³/mol. The molecule has 1 aromatic carbocycles. The summed E-state index contributed by atoms with van der Waals surface area (Å²) in [6.45, 7) is 8.19. The summed E-state index contributed by atoms with van der Waals surface area (Å²) in [6.07, 6.45) is 0. The molecular formula is C14H21ClN2O. The highest BCUT2D eigenvalue weighted by molar-refractivity contribution is 6.31. The van der Waals surface area contributed by atoms with E-state index < -0.39 is 0 Å². The Morgan fingerprint density at radius 2 is 2.22 bits per heavy atom. The molecule has 4 heteroatoms. The quantitative estimate of drug-likeness (QED) is 0.863. The third-order valence-corrected chi connectivity index (χ3v) is 4.01. The van der Waals surface area contributed by atoms with Crippen LogP contribution in [0.1, 0.15) is 19.4 Å². The summed E-state index contributed by atoms with van der Waals surface area (Å²) in [6, 6.07) is 6.20. The van der Waals surface area contributed by atoms with Gasteiger partial charge in [0, 0.05) is 29.3 Å². The van der Waals surface area contributed by atoms with Crippen molar-refractivity contribution >= 4 is 17.3 Å². The monoisotopic (exact) mass is 268 g/mol. The number of aliphatic hydroxyl groups is 1. The number of rotatable bonds is 2. The zero-order chi connectivity index (χ0) is 13.3. The number of piperazine rings is 1. The minimum Gasteiger partial charge on any atom is -0.394 e. The molecule has 1 aliphatic heterocycles. The summed E-state index contributed by atoms with van der Waals surface area (Å²) in [7, 11) is 0. The highest BCUT2D eigenvalue weighted by Crippen LogP contribution is 2.31. The number of halogens is 1. The summed E-state index contributed by atoms with van der Waals surface area (Å²) in [5.41, 5.74) is 2.12. The second kappa shape index (κ2) is 5.08. The largest absolute Gasteiger partial charge is 0.394 e. The molecule has 1 saturated heterocycles. The van der Waals surface area contributed by atoms with Crippen molar-refractivity contribution in [3.05, 3.63) is 28.8 Å². The number of nitrogens with zero attached hydrogens (tertiary/aromatic N) is 1. The van der Waals surface area contributed by atoms with Gasteiger partial charge in [-0.05, 0) is 38.5 Å². The normalized spacial score (nSPS) is 23.2. The van der Waals surface area contributed by atoms with E-state index in [1.54, 1.807) is 0 Å². The summed E-state index contributed by atoms with van der Waals surface area (Å²) >= 11 is 6.21. The number of aliphatic hydroxyl groups excluding tert-OH is 1. The van der Waals surface area contributed by atoms with Crippen LogP contribution in [0.4, 0.5) is 5.69 Å². The van der Waals surface area contributed by atoms with Crippen LogP contribution in [0.15, 0.2) is 18.2 Å². The Hall–Kier alpha value is -0.770. The summed E-state index contributed by atoms with van der Waals surface area (Å²) in [5, 5.41) is 13.7. The minimum atomic E-state index is -0.0375. The van der Waals surface area contributed by atoms with Crippen LogP contribution in [-0.4, -0.2) is 36.4 Å². The van der Waals surface area contributed by atoms with Crippen LogP contribution in [0, 0.1) is 6.92 Å². The third kappa shape index (κ3) is 2.48. The molecule has 0 spiro atoms. The second-order valence-electron chi connectivity index (χ2n) is 5.58. The van der Waals surface area contributed by atoms with Gasteiger partial charge in [-0.1, -0.05) is 17.7 Å². The Balaban J connectivity index is 2.40. The molecule has 2 N–H and O–H groups in total. The van der Waals surface area contributed by atoms with Crippen LogP contribution < -0.4 is 10.2 Å². The van der Waals surface area contributed by atoms with Crippen LogP contribution in [0.5, 0.6) is 0 Å². The van der Waals surface area contributed by atoms with Crippen molar-refractivity contribution in [2.45, 2.75) is 32.4 Å². The van der Waals surface area contributed by atoms with Crippen LogP contribution in [0.2, 0.25) is 5.02 Å². The number of aryl methyl sites for hydroxylation is 1. The third-order valence-electron chi connectivity index (χ3n) is 3.60. The summed E-state index contributed by atoms with van der Waals surface area (Å²) in [5.74, 6) is 0. The van der Waals surface area contributed by atoms with Crippen molar-refractivity contribution in [1.82, 2.24) is 5.32 Å². The molecule has 100 valence electrons. The number of nitrogens with one attached hydrogen (secondary N) is 1. The van der Waals surface area contributed by atoms with Gasteiger partial charge in [0.05, 0.1) is 12.6 Å². The van der Waals surface area contributed by atoms with E-state index >= 15 is 0 Å². The lowest BCUT2D eigenvalue weighted by molar-refractivity contribution is 0.212. The van der Waals surface area contributed by atoms with Crippen LogP contribution in [0.3, 0.4) is 0 Å². The van der Waals surface area contributed by atoms with E-state index in [-0.39, 0.29) is 18.2 Å². The maximum absolute atomic E-state index is 9.56. The van der Waals surface area contributed by atoms with Gasteiger partial charge in [-0.2, -0.15) is 0 Å². The van der Waals surface area contributed by atoms with E-state index in [4.69, 9.17) is 11.6 Å². The van der Waals surface area contributed by atoms with Gasteiger partial charge < -0.3 is 15.3 Å². The van der Waals surface area contributed by atoms with Crippen molar-refractivity contribution in [3.63, 3.8) is 0 Å². The Bertz CT molecular complexity index is 434. The Kier molecular flexibility index (Phi) is 3.85. The SMILES string of the molecule is Cc1ccc(N2C(CO)CNCC2(C)C)cc1Cl. The number of anilines is 1. The van der Waals surface area contributed by atoms with Crippen molar-refractivity contribution in [3.8, 4) is 0 Å². The highest BCUT2D eigenvalue weighted by atomic mass is 35.5. The van der Waals surface area contributed by atoms with E-state index in [9.17, 15) is 5.11 Å². The average Bonchev–Trinajstić information content (AvgIpc) is 2.31. The van der Waals surface area contributed by atoms with Gasteiger partial charge >= 0.3 is 0 Å². The highest BCUT2D eigenvalue weighted by Gasteiger charge is 2.36. The fourth-order valence-corrected chi connectivity index (χ4v) is 2.83. The van der Waals surface area contributed by atoms with E-state index in [0.29, 0.717) is 0 Å². The summed E-state index contributed by atoms with van der Waals surface area (Å²) < 4.78 is 0. The summed E-state index contributed by atoms with van der Waals surface area (Å²) in [4.78, 5) is 2.27. The molecule has 0 aliphatic carbocycles. The molecular weight excluding hydrogens is 248 g/mol. The lowest BCUT2D eigenvalue weighted by atomic mass is 9.95. The predicted octanol–water partition coefficient (Wildman–Crippen LogP) is 2.20. The van der Waals surface area contributed by atoms with Crippen molar-refractivity contribution in [2.24, 2.45) is 0 Å². The first-order valence-corrected chi connectivity index (χ1v) is 6.70. The fraction of sp³-hybridized carbons (Fsp3) is 0.571. The lowest BCUT2D eigenvalue weighted by Gasteiger charge is -2.49. The Morgan fingerprint density at radius 1 is 1.50 bits per heavy atom. The first-order valence-electron chi connectivity index (χ1n) is 6.33. The van der Waals surface area contributed by atoms with Gasteiger partial charge in [0.2, 0.25) is 0 Å². The van der Waals surface area contributed by atoms with Crippen molar-refractivity contribution in [2.75, 3.05) is 24.6 Å². The van der Waals surface area contributed by atoms with E-state index in [1.165, 1.54) is 0 Å². The second-order valence-corrected chi connectivity index (χ2v) is 5.99. The molecule has 1 unspecified atom stereocenters. The van der Waals surface area contributed by atoms with Gasteiger partial charge in [0.15, 0.2) is 0 Å². The molecule has 0 aromatic heterocycles. The number of benzene rings is 1. The Morgan fingerprint density at radius 3 is 2.83 bits per heavy atom.